The molecule has 4 aromatic rings. The van der Waals surface area contributed by atoms with Crippen LogP contribution in [0.3, 0.4) is 0 Å². The molecule has 0 amide bonds. The SMILES string of the molecule is O=C(O)CCc1cc2c(cc1O)Oc1c(ccc3cc(O)c(Cl)cc13)C21OC(=O)c2ccccc21. The first-order valence-electron chi connectivity index (χ1n) is 10.8. The molecule has 1 unspecified atom stereocenters. The van der Waals surface area contributed by atoms with Crippen LogP contribution in [0.2, 0.25) is 5.02 Å². The Labute approximate surface area is 203 Å². The van der Waals surface area contributed by atoms with E-state index in [9.17, 15) is 19.8 Å². The number of aromatic hydroxyl groups is 2. The number of carbonyl (C=O) groups excluding carboxylic acids is 1. The summed E-state index contributed by atoms with van der Waals surface area (Å²) in [6, 6.07) is 16.7. The number of halogens is 1. The van der Waals surface area contributed by atoms with Crippen molar-refractivity contribution in [2.75, 3.05) is 0 Å². The van der Waals surface area contributed by atoms with E-state index in [2.05, 4.69) is 0 Å². The zero-order valence-corrected chi connectivity index (χ0v) is 18.8. The zero-order chi connectivity index (χ0) is 24.5. The van der Waals surface area contributed by atoms with Gasteiger partial charge in [-0.15, -0.1) is 0 Å². The van der Waals surface area contributed by atoms with Crippen LogP contribution in [0, 0.1) is 0 Å². The highest BCUT2D eigenvalue weighted by atomic mass is 35.5. The van der Waals surface area contributed by atoms with E-state index in [4.69, 9.17) is 26.2 Å². The number of phenols is 2. The molecular weight excluding hydrogens is 472 g/mol. The van der Waals surface area contributed by atoms with Crippen molar-refractivity contribution in [1.29, 1.82) is 0 Å². The topological polar surface area (TPSA) is 113 Å². The Morgan fingerprint density at radius 2 is 1.74 bits per heavy atom. The Bertz CT molecular complexity index is 1590. The van der Waals surface area contributed by atoms with Crippen LogP contribution in [-0.2, 0) is 21.6 Å². The highest BCUT2D eigenvalue weighted by Gasteiger charge is 2.54. The lowest BCUT2D eigenvalue weighted by Gasteiger charge is -2.37. The fourth-order valence-corrected chi connectivity index (χ4v) is 5.14. The summed E-state index contributed by atoms with van der Waals surface area (Å²) in [6.45, 7) is 0. The van der Waals surface area contributed by atoms with E-state index in [0.29, 0.717) is 44.3 Å². The first kappa shape index (κ1) is 21.3. The first-order valence-corrected chi connectivity index (χ1v) is 11.2. The maximum Gasteiger partial charge on any atom is 0.340 e. The second kappa shape index (κ2) is 7.38. The number of aryl methyl sites for hydroxylation is 1. The molecule has 0 saturated heterocycles. The van der Waals surface area contributed by atoms with E-state index in [-0.39, 0.29) is 35.1 Å². The quantitative estimate of drug-likeness (QED) is 0.327. The van der Waals surface area contributed by atoms with Crippen molar-refractivity contribution in [3.8, 4) is 23.0 Å². The summed E-state index contributed by atoms with van der Waals surface area (Å²) in [5, 5.41) is 31.3. The molecule has 174 valence electrons. The highest BCUT2D eigenvalue weighted by Crippen LogP contribution is 2.58. The molecule has 2 aliphatic rings. The molecule has 0 aliphatic carbocycles. The molecule has 3 N–H and O–H groups in total. The van der Waals surface area contributed by atoms with Crippen LogP contribution < -0.4 is 4.74 Å². The number of phenolic OH excluding ortho intramolecular Hbond substituents is 2. The largest absolute Gasteiger partial charge is 0.508 e. The number of fused-ring (bicyclic) bond motifs is 8. The average Bonchev–Trinajstić information content (AvgIpc) is 3.12. The Morgan fingerprint density at radius 1 is 0.943 bits per heavy atom. The van der Waals surface area contributed by atoms with Crippen molar-refractivity contribution in [2.45, 2.75) is 18.4 Å². The molecule has 1 spiro atoms. The highest BCUT2D eigenvalue weighted by molar-refractivity contribution is 6.33. The summed E-state index contributed by atoms with van der Waals surface area (Å²) in [6.07, 6.45) is -0.0978. The monoisotopic (exact) mass is 488 g/mol. The van der Waals surface area contributed by atoms with Gasteiger partial charge in [-0.25, -0.2) is 4.79 Å². The van der Waals surface area contributed by atoms with Gasteiger partial charge >= 0.3 is 11.9 Å². The average molecular weight is 489 g/mol. The van der Waals surface area contributed by atoms with Gasteiger partial charge in [-0.2, -0.15) is 0 Å². The van der Waals surface area contributed by atoms with Crippen molar-refractivity contribution in [2.24, 2.45) is 0 Å². The summed E-state index contributed by atoms with van der Waals surface area (Å²) >= 11 is 6.21. The second-order valence-corrected chi connectivity index (χ2v) is 8.96. The number of hydrogen-bond acceptors (Lipinski definition) is 6. The first-order chi connectivity index (χ1) is 16.8. The number of aliphatic carboxylic acids is 1. The molecule has 0 bridgehead atoms. The normalized spacial score (nSPS) is 17.5. The van der Waals surface area contributed by atoms with Crippen LogP contribution in [0.1, 0.15) is 39.0 Å². The van der Waals surface area contributed by atoms with Crippen LogP contribution in [0.25, 0.3) is 10.8 Å². The number of rotatable bonds is 3. The Balaban J connectivity index is 1.69. The summed E-state index contributed by atoms with van der Waals surface area (Å²) in [5.41, 5.74) is 1.04. The smallest absolute Gasteiger partial charge is 0.340 e. The maximum atomic E-state index is 13.0. The standard InChI is InChI=1S/C27H17ClO7/c28-20-11-16-13(10-22(20)30)5-7-18-25(16)34-23-12-21(29)14(6-8-24(31)32)9-19(23)27(18)17-4-2-1-3-15(17)26(33)35-27/h1-5,7,9-12,29-30H,6,8H2,(H,31,32). The third kappa shape index (κ3) is 2.98. The Kier molecular flexibility index (Phi) is 4.50. The zero-order valence-electron chi connectivity index (χ0n) is 18.0. The van der Waals surface area contributed by atoms with Gasteiger partial charge in [0, 0.05) is 34.6 Å². The van der Waals surface area contributed by atoms with Gasteiger partial charge in [-0.3, -0.25) is 4.79 Å². The molecule has 7 nitrogen and oxygen atoms in total. The fourth-order valence-electron chi connectivity index (χ4n) is 4.98. The third-order valence-electron chi connectivity index (χ3n) is 6.57. The number of ether oxygens (including phenoxy) is 2. The van der Waals surface area contributed by atoms with E-state index in [1.807, 2.05) is 0 Å². The summed E-state index contributed by atoms with van der Waals surface area (Å²) in [4.78, 5) is 24.2. The van der Waals surface area contributed by atoms with Crippen molar-refractivity contribution >= 4 is 34.3 Å². The molecule has 0 saturated carbocycles. The summed E-state index contributed by atoms with van der Waals surface area (Å²) in [5.74, 6) is -1.08. The molecule has 1 atom stereocenters. The van der Waals surface area contributed by atoms with E-state index >= 15 is 0 Å². The number of carboxylic acids is 1. The molecule has 2 aliphatic heterocycles. The van der Waals surface area contributed by atoms with E-state index in [0.717, 1.165) is 0 Å². The Morgan fingerprint density at radius 3 is 2.54 bits per heavy atom. The summed E-state index contributed by atoms with van der Waals surface area (Å²) in [7, 11) is 0. The van der Waals surface area contributed by atoms with Gasteiger partial charge in [0.2, 0.25) is 0 Å². The second-order valence-electron chi connectivity index (χ2n) is 8.56. The van der Waals surface area contributed by atoms with Crippen molar-refractivity contribution in [1.82, 2.24) is 0 Å². The molecule has 4 aromatic carbocycles. The Hall–Kier alpha value is -4.23. The van der Waals surface area contributed by atoms with Crippen LogP contribution in [0.4, 0.5) is 0 Å². The van der Waals surface area contributed by atoms with Gasteiger partial charge in [-0.1, -0.05) is 35.9 Å². The molecular formula is C27H17ClO7. The lowest BCUT2D eigenvalue weighted by Crippen LogP contribution is -2.33. The third-order valence-corrected chi connectivity index (χ3v) is 6.87. The predicted octanol–water partition coefficient (Wildman–Crippen LogP) is 5.49. The molecule has 6 rings (SSSR count). The van der Waals surface area contributed by atoms with Crippen LogP contribution in [0.5, 0.6) is 23.0 Å². The van der Waals surface area contributed by atoms with Crippen LogP contribution in [-0.4, -0.2) is 27.3 Å². The summed E-state index contributed by atoms with van der Waals surface area (Å²) < 4.78 is 12.4. The van der Waals surface area contributed by atoms with Gasteiger partial charge in [0.15, 0.2) is 5.60 Å². The van der Waals surface area contributed by atoms with Crippen molar-refractivity contribution < 1.29 is 34.4 Å². The van der Waals surface area contributed by atoms with E-state index in [1.54, 1.807) is 48.5 Å². The minimum Gasteiger partial charge on any atom is -0.508 e. The number of benzene rings is 4. The fraction of sp³-hybridized carbons (Fsp3) is 0.111. The van der Waals surface area contributed by atoms with Gasteiger partial charge in [0.1, 0.15) is 23.0 Å². The van der Waals surface area contributed by atoms with Crippen molar-refractivity contribution in [3.63, 3.8) is 0 Å². The number of hydrogen-bond donors (Lipinski definition) is 3. The molecule has 0 fully saturated rings. The molecule has 2 heterocycles. The van der Waals surface area contributed by atoms with Crippen LogP contribution in [0.15, 0.2) is 60.7 Å². The lowest BCUT2D eigenvalue weighted by molar-refractivity contribution is -0.136. The van der Waals surface area contributed by atoms with Gasteiger partial charge in [0.05, 0.1) is 10.6 Å². The lowest BCUT2D eigenvalue weighted by atomic mass is 9.76. The minimum absolute atomic E-state index is 0.0802. The number of esters is 1. The van der Waals surface area contributed by atoms with Gasteiger partial charge in [-0.05, 0) is 47.7 Å². The number of carboxylic acid groups (broad SMARTS) is 1. The molecule has 0 radical (unpaired) electrons. The van der Waals surface area contributed by atoms with E-state index in [1.165, 1.54) is 12.1 Å². The van der Waals surface area contributed by atoms with Gasteiger partial charge < -0.3 is 24.8 Å². The number of carbonyl (C=O) groups is 2. The van der Waals surface area contributed by atoms with Crippen molar-refractivity contribution in [3.05, 3.63) is 93.5 Å². The minimum atomic E-state index is -1.39. The van der Waals surface area contributed by atoms with Crippen LogP contribution >= 0.6 is 11.6 Å². The van der Waals surface area contributed by atoms with E-state index < -0.39 is 17.5 Å². The molecule has 0 aromatic heterocycles. The predicted molar refractivity (Wildman–Crippen MR) is 126 cm³/mol. The molecule has 35 heavy (non-hydrogen) atoms. The maximum absolute atomic E-state index is 13.0. The molecule has 8 heteroatoms. The van der Waals surface area contributed by atoms with Gasteiger partial charge in [0.25, 0.3) is 0 Å².